The monoisotopic (exact) mass is 497 g/mol. The summed E-state index contributed by atoms with van der Waals surface area (Å²) in [6.07, 6.45) is 3.33. The highest BCUT2D eigenvalue weighted by molar-refractivity contribution is 7.19. The van der Waals surface area contributed by atoms with E-state index in [9.17, 15) is 4.79 Å². The van der Waals surface area contributed by atoms with Crippen LogP contribution in [-0.4, -0.2) is 94.2 Å². The van der Waals surface area contributed by atoms with Gasteiger partial charge >= 0.3 is 0 Å². The average molecular weight is 498 g/mol. The SMILES string of the molecule is Cc1c(CN2CCN(C(=O)[C@@H](C)N)CC2)sc2c(N3CCOCC3)nc(-c3cnc(N)nc3)nc12. The van der Waals surface area contributed by atoms with Gasteiger partial charge in [0, 0.05) is 63.1 Å². The minimum absolute atomic E-state index is 0.0206. The molecule has 2 saturated heterocycles. The number of hydrogen-bond acceptors (Lipinski definition) is 11. The summed E-state index contributed by atoms with van der Waals surface area (Å²) in [4.78, 5) is 38.2. The number of amides is 1. The zero-order valence-corrected chi connectivity index (χ0v) is 20.9. The molecule has 2 aliphatic heterocycles. The number of piperazine rings is 1. The lowest BCUT2D eigenvalue weighted by Gasteiger charge is -2.35. The molecule has 35 heavy (non-hydrogen) atoms. The molecule has 0 saturated carbocycles. The summed E-state index contributed by atoms with van der Waals surface area (Å²) in [5.74, 6) is 1.76. The van der Waals surface area contributed by atoms with Crippen molar-refractivity contribution in [3.05, 3.63) is 22.8 Å². The molecule has 0 spiro atoms. The normalized spacial score (nSPS) is 18.3. The molecule has 0 aliphatic carbocycles. The number of anilines is 2. The van der Waals surface area contributed by atoms with Crippen LogP contribution in [0, 0.1) is 6.92 Å². The lowest BCUT2D eigenvalue weighted by molar-refractivity contribution is -0.134. The van der Waals surface area contributed by atoms with Gasteiger partial charge in [0.15, 0.2) is 11.6 Å². The van der Waals surface area contributed by atoms with E-state index in [2.05, 4.69) is 26.7 Å². The van der Waals surface area contributed by atoms with Gasteiger partial charge in [0.2, 0.25) is 11.9 Å². The Hall–Kier alpha value is -2.93. The number of aryl methyl sites for hydroxylation is 1. The molecule has 5 heterocycles. The Morgan fingerprint density at radius 1 is 1.11 bits per heavy atom. The van der Waals surface area contributed by atoms with E-state index in [1.807, 2.05) is 4.90 Å². The topological polar surface area (TPSA) is 140 Å². The maximum Gasteiger partial charge on any atom is 0.239 e. The van der Waals surface area contributed by atoms with Gasteiger partial charge in [-0.05, 0) is 19.4 Å². The Labute approximate surface area is 208 Å². The van der Waals surface area contributed by atoms with Crippen LogP contribution in [0.5, 0.6) is 0 Å². The van der Waals surface area contributed by atoms with Crippen molar-refractivity contribution in [2.45, 2.75) is 26.4 Å². The van der Waals surface area contributed by atoms with Crippen LogP contribution in [0.15, 0.2) is 12.4 Å². The maximum atomic E-state index is 12.2. The van der Waals surface area contributed by atoms with E-state index >= 15 is 0 Å². The Kier molecular flexibility index (Phi) is 6.78. The second kappa shape index (κ2) is 9.97. The molecule has 3 aromatic rings. The number of carbonyl (C=O) groups excluding carboxylic acids is 1. The van der Waals surface area contributed by atoms with E-state index in [0.717, 1.165) is 59.9 Å². The molecular weight excluding hydrogens is 466 g/mol. The van der Waals surface area contributed by atoms with Gasteiger partial charge in [-0.3, -0.25) is 9.69 Å². The molecule has 5 rings (SSSR count). The Morgan fingerprint density at radius 2 is 1.80 bits per heavy atom. The van der Waals surface area contributed by atoms with E-state index in [0.29, 0.717) is 32.1 Å². The summed E-state index contributed by atoms with van der Waals surface area (Å²) in [6, 6.07) is -0.454. The second-order valence-corrected chi connectivity index (χ2v) is 10.1. The van der Waals surface area contributed by atoms with Crippen LogP contribution in [0.1, 0.15) is 17.4 Å². The summed E-state index contributed by atoms with van der Waals surface area (Å²) in [5.41, 5.74) is 14.3. The quantitative estimate of drug-likeness (QED) is 0.522. The summed E-state index contributed by atoms with van der Waals surface area (Å²) < 4.78 is 6.66. The molecule has 2 fully saturated rings. The van der Waals surface area contributed by atoms with Crippen LogP contribution < -0.4 is 16.4 Å². The number of thiophene rings is 1. The third-order valence-electron chi connectivity index (χ3n) is 6.53. The first-order chi connectivity index (χ1) is 16.9. The molecule has 12 heteroatoms. The number of nitrogens with two attached hydrogens (primary N) is 2. The fraction of sp³-hybridized carbons (Fsp3) is 0.522. The molecule has 11 nitrogen and oxygen atoms in total. The molecular formula is C23H31N9O2S. The number of ether oxygens (including phenoxy) is 1. The van der Waals surface area contributed by atoms with E-state index in [4.69, 9.17) is 26.2 Å². The van der Waals surface area contributed by atoms with Crippen molar-refractivity contribution in [1.29, 1.82) is 0 Å². The highest BCUT2D eigenvalue weighted by Crippen LogP contribution is 2.38. The van der Waals surface area contributed by atoms with Crippen LogP contribution in [0.2, 0.25) is 0 Å². The minimum atomic E-state index is -0.454. The van der Waals surface area contributed by atoms with Gasteiger partial charge in [0.05, 0.1) is 35.0 Å². The first-order valence-electron chi connectivity index (χ1n) is 11.9. The fourth-order valence-corrected chi connectivity index (χ4v) is 5.76. The largest absolute Gasteiger partial charge is 0.378 e. The Balaban J connectivity index is 1.45. The third kappa shape index (κ3) is 4.92. The second-order valence-electron chi connectivity index (χ2n) is 9.02. The third-order valence-corrected chi connectivity index (χ3v) is 7.79. The number of rotatable bonds is 5. The highest BCUT2D eigenvalue weighted by Gasteiger charge is 2.26. The molecule has 4 N–H and O–H groups in total. The van der Waals surface area contributed by atoms with Crippen LogP contribution in [0.3, 0.4) is 0 Å². The predicted octanol–water partition coefficient (Wildman–Crippen LogP) is 0.867. The standard InChI is InChI=1S/C23H31N9O2S/c1-14-17(13-30-3-5-32(6-4-30)22(33)15(2)24)35-19-18(14)28-20(16-11-26-23(25)27-12-16)29-21(19)31-7-9-34-10-8-31/h11-12,15H,3-10,13,24H2,1-2H3,(H2,25,26,27)/t15-/m1/s1. The summed E-state index contributed by atoms with van der Waals surface area (Å²) in [5, 5.41) is 0. The Morgan fingerprint density at radius 3 is 2.46 bits per heavy atom. The Bertz CT molecular complexity index is 1200. The lowest BCUT2D eigenvalue weighted by Crippen LogP contribution is -2.52. The number of morpholine rings is 1. The van der Waals surface area contributed by atoms with Crippen molar-refractivity contribution in [3.63, 3.8) is 0 Å². The van der Waals surface area contributed by atoms with Gasteiger partial charge in [0.1, 0.15) is 0 Å². The average Bonchev–Trinajstić information content (AvgIpc) is 3.19. The van der Waals surface area contributed by atoms with Crippen LogP contribution in [0.25, 0.3) is 21.6 Å². The number of nitrogens with zero attached hydrogens (tertiary/aromatic N) is 7. The van der Waals surface area contributed by atoms with Crippen LogP contribution in [-0.2, 0) is 16.1 Å². The smallest absolute Gasteiger partial charge is 0.239 e. The van der Waals surface area contributed by atoms with E-state index in [-0.39, 0.29) is 11.9 Å². The lowest BCUT2D eigenvalue weighted by atomic mass is 10.2. The van der Waals surface area contributed by atoms with Gasteiger partial charge in [-0.25, -0.2) is 19.9 Å². The first-order valence-corrected chi connectivity index (χ1v) is 12.7. The summed E-state index contributed by atoms with van der Waals surface area (Å²) >= 11 is 1.76. The van der Waals surface area contributed by atoms with Gasteiger partial charge in [-0.15, -0.1) is 11.3 Å². The molecule has 2 aliphatic rings. The van der Waals surface area contributed by atoms with E-state index in [1.165, 1.54) is 4.88 Å². The number of aromatic nitrogens is 4. The fourth-order valence-electron chi connectivity index (χ4n) is 4.46. The molecule has 0 radical (unpaired) electrons. The van der Waals surface area contributed by atoms with Crippen LogP contribution >= 0.6 is 11.3 Å². The highest BCUT2D eigenvalue weighted by atomic mass is 32.1. The zero-order valence-electron chi connectivity index (χ0n) is 20.1. The predicted molar refractivity (Wildman–Crippen MR) is 136 cm³/mol. The molecule has 0 bridgehead atoms. The molecule has 1 amide bonds. The van der Waals surface area contributed by atoms with Crippen molar-refractivity contribution in [3.8, 4) is 11.4 Å². The zero-order chi connectivity index (χ0) is 24.5. The van der Waals surface area contributed by atoms with E-state index < -0.39 is 6.04 Å². The number of carbonyl (C=O) groups is 1. The van der Waals surface area contributed by atoms with Crippen LogP contribution in [0.4, 0.5) is 11.8 Å². The van der Waals surface area contributed by atoms with Crippen molar-refractivity contribution in [1.82, 2.24) is 29.7 Å². The van der Waals surface area contributed by atoms with Crippen molar-refractivity contribution >= 4 is 39.2 Å². The van der Waals surface area contributed by atoms with Gasteiger partial charge < -0.3 is 26.0 Å². The summed E-state index contributed by atoms with van der Waals surface area (Å²) in [6.45, 7) is 10.6. The molecule has 186 valence electrons. The van der Waals surface area contributed by atoms with E-state index in [1.54, 1.807) is 30.7 Å². The number of nitrogen functional groups attached to an aromatic ring is 1. The van der Waals surface area contributed by atoms with Crippen molar-refractivity contribution < 1.29 is 9.53 Å². The maximum absolute atomic E-state index is 12.2. The first kappa shape index (κ1) is 23.8. The summed E-state index contributed by atoms with van der Waals surface area (Å²) in [7, 11) is 0. The van der Waals surface area contributed by atoms with Crippen molar-refractivity contribution in [2.75, 3.05) is 63.1 Å². The number of fused-ring (bicyclic) bond motifs is 1. The minimum Gasteiger partial charge on any atom is -0.378 e. The molecule has 0 aromatic carbocycles. The van der Waals surface area contributed by atoms with Gasteiger partial charge in [0.25, 0.3) is 0 Å². The molecule has 0 unspecified atom stereocenters. The van der Waals surface area contributed by atoms with Gasteiger partial charge in [-0.1, -0.05) is 0 Å². The van der Waals surface area contributed by atoms with Crippen molar-refractivity contribution in [2.24, 2.45) is 5.73 Å². The molecule has 3 aromatic heterocycles. The van der Waals surface area contributed by atoms with Gasteiger partial charge in [-0.2, -0.15) is 0 Å². The molecule has 1 atom stereocenters. The number of hydrogen-bond donors (Lipinski definition) is 2.